The molecule has 0 N–H and O–H groups in total. The van der Waals surface area contributed by atoms with Gasteiger partial charge >= 0.3 is 6.01 Å². The SMILES string of the molecule is CN(C)c1cccc(C(=O)N2CCCC(Oc3ncccn3)C2)c1. The Balaban J connectivity index is 1.68. The highest BCUT2D eigenvalue weighted by Crippen LogP contribution is 2.19. The standard InChI is InChI=1S/C18H22N4O2/c1-21(2)15-7-3-6-14(12-15)17(23)22-11-4-8-16(13-22)24-18-19-9-5-10-20-18/h3,5-7,9-10,12,16H,4,8,11,13H2,1-2H3. The second kappa shape index (κ2) is 7.29. The van der Waals surface area contributed by atoms with Gasteiger partial charge in [0.1, 0.15) is 6.10 Å². The zero-order valence-corrected chi connectivity index (χ0v) is 14.1. The Labute approximate surface area is 142 Å². The highest BCUT2D eigenvalue weighted by Gasteiger charge is 2.26. The van der Waals surface area contributed by atoms with Gasteiger partial charge in [-0.3, -0.25) is 4.79 Å². The van der Waals surface area contributed by atoms with Gasteiger partial charge in [0.2, 0.25) is 0 Å². The van der Waals surface area contributed by atoms with Crippen molar-refractivity contribution in [3.05, 3.63) is 48.3 Å². The first-order valence-corrected chi connectivity index (χ1v) is 8.14. The number of ether oxygens (including phenoxy) is 1. The number of carbonyl (C=O) groups is 1. The largest absolute Gasteiger partial charge is 0.458 e. The molecule has 0 radical (unpaired) electrons. The van der Waals surface area contributed by atoms with Crippen molar-refractivity contribution in [2.75, 3.05) is 32.1 Å². The third-order valence-electron chi connectivity index (χ3n) is 4.09. The second-order valence-electron chi connectivity index (χ2n) is 6.11. The van der Waals surface area contributed by atoms with Gasteiger partial charge in [-0.2, -0.15) is 0 Å². The van der Waals surface area contributed by atoms with E-state index in [1.807, 2.05) is 48.2 Å². The zero-order chi connectivity index (χ0) is 16.9. The Morgan fingerprint density at radius 3 is 2.79 bits per heavy atom. The van der Waals surface area contributed by atoms with Crippen LogP contribution in [0.5, 0.6) is 6.01 Å². The Morgan fingerprint density at radius 1 is 1.25 bits per heavy atom. The van der Waals surface area contributed by atoms with Crippen molar-refractivity contribution in [2.24, 2.45) is 0 Å². The predicted molar refractivity (Wildman–Crippen MR) is 92.4 cm³/mol. The Hall–Kier alpha value is -2.63. The molecule has 126 valence electrons. The number of hydrogen-bond acceptors (Lipinski definition) is 5. The molecule has 24 heavy (non-hydrogen) atoms. The van der Waals surface area contributed by atoms with Crippen LogP contribution < -0.4 is 9.64 Å². The maximum absolute atomic E-state index is 12.8. The van der Waals surface area contributed by atoms with Crippen molar-refractivity contribution >= 4 is 11.6 Å². The highest BCUT2D eigenvalue weighted by molar-refractivity contribution is 5.95. The van der Waals surface area contributed by atoms with E-state index in [1.54, 1.807) is 18.5 Å². The summed E-state index contributed by atoms with van der Waals surface area (Å²) in [6.45, 7) is 1.31. The summed E-state index contributed by atoms with van der Waals surface area (Å²) in [4.78, 5) is 24.8. The first-order valence-electron chi connectivity index (χ1n) is 8.14. The smallest absolute Gasteiger partial charge is 0.316 e. The summed E-state index contributed by atoms with van der Waals surface area (Å²) in [6, 6.07) is 9.81. The lowest BCUT2D eigenvalue weighted by molar-refractivity contribution is 0.0516. The minimum Gasteiger partial charge on any atom is -0.458 e. The number of likely N-dealkylation sites (tertiary alicyclic amines) is 1. The van der Waals surface area contributed by atoms with Crippen molar-refractivity contribution in [1.29, 1.82) is 0 Å². The lowest BCUT2D eigenvalue weighted by Crippen LogP contribution is -2.44. The maximum Gasteiger partial charge on any atom is 0.316 e. The molecule has 1 atom stereocenters. The highest BCUT2D eigenvalue weighted by atomic mass is 16.5. The molecule has 6 heteroatoms. The molecule has 1 amide bonds. The summed E-state index contributed by atoms with van der Waals surface area (Å²) >= 11 is 0. The molecule has 1 saturated heterocycles. The molecule has 1 aliphatic heterocycles. The molecule has 1 aromatic heterocycles. The third kappa shape index (κ3) is 3.82. The van der Waals surface area contributed by atoms with E-state index in [-0.39, 0.29) is 12.0 Å². The number of aromatic nitrogens is 2. The van der Waals surface area contributed by atoms with Crippen LogP contribution in [0.25, 0.3) is 0 Å². The van der Waals surface area contributed by atoms with Crippen LogP contribution in [-0.4, -0.2) is 54.1 Å². The van der Waals surface area contributed by atoms with Crippen molar-refractivity contribution in [2.45, 2.75) is 18.9 Å². The summed E-state index contributed by atoms with van der Waals surface area (Å²) in [7, 11) is 3.93. The van der Waals surface area contributed by atoms with Crippen LogP contribution in [0.15, 0.2) is 42.7 Å². The van der Waals surface area contributed by atoms with E-state index in [9.17, 15) is 4.79 Å². The fourth-order valence-corrected chi connectivity index (χ4v) is 2.81. The van der Waals surface area contributed by atoms with Crippen LogP contribution >= 0.6 is 0 Å². The van der Waals surface area contributed by atoms with Crippen molar-refractivity contribution in [3.8, 4) is 6.01 Å². The van der Waals surface area contributed by atoms with E-state index in [4.69, 9.17) is 4.74 Å². The molecule has 0 saturated carbocycles. The predicted octanol–water partition coefficient (Wildman–Crippen LogP) is 2.23. The van der Waals surface area contributed by atoms with E-state index < -0.39 is 0 Å². The van der Waals surface area contributed by atoms with Crippen LogP contribution in [0.2, 0.25) is 0 Å². The van der Waals surface area contributed by atoms with Gasteiger partial charge < -0.3 is 14.5 Å². The van der Waals surface area contributed by atoms with Gasteiger partial charge in [0.15, 0.2) is 0 Å². The number of rotatable bonds is 4. The molecule has 0 bridgehead atoms. The molecule has 3 rings (SSSR count). The quantitative estimate of drug-likeness (QED) is 0.862. The van der Waals surface area contributed by atoms with E-state index in [1.165, 1.54) is 0 Å². The summed E-state index contributed by atoms with van der Waals surface area (Å²) in [6.07, 6.45) is 5.06. The molecule has 0 spiro atoms. The monoisotopic (exact) mass is 326 g/mol. The number of benzene rings is 1. The average Bonchev–Trinajstić information content (AvgIpc) is 2.62. The molecule has 6 nitrogen and oxygen atoms in total. The van der Waals surface area contributed by atoms with Gasteiger partial charge in [-0.15, -0.1) is 0 Å². The maximum atomic E-state index is 12.8. The Morgan fingerprint density at radius 2 is 2.04 bits per heavy atom. The fourth-order valence-electron chi connectivity index (χ4n) is 2.81. The summed E-state index contributed by atoms with van der Waals surface area (Å²) in [5.74, 6) is 0.0426. The number of hydrogen-bond donors (Lipinski definition) is 0. The first-order chi connectivity index (χ1) is 11.6. The zero-order valence-electron chi connectivity index (χ0n) is 14.1. The normalized spacial score (nSPS) is 17.4. The molecular weight excluding hydrogens is 304 g/mol. The average molecular weight is 326 g/mol. The summed E-state index contributed by atoms with van der Waals surface area (Å²) in [5, 5.41) is 0. The Kier molecular flexibility index (Phi) is 4.93. The van der Waals surface area contributed by atoms with E-state index in [0.29, 0.717) is 18.1 Å². The van der Waals surface area contributed by atoms with Crippen molar-refractivity contribution < 1.29 is 9.53 Å². The number of anilines is 1. The van der Waals surface area contributed by atoms with Crippen LogP contribution in [0.1, 0.15) is 23.2 Å². The number of nitrogens with zero attached hydrogens (tertiary/aromatic N) is 4. The minimum atomic E-state index is -0.0675. The van der Waals surface area contributed by atoms with Crippen LogP contribution in [-0.2, 0) is 0 Å². The molecule has 1 unspecified atom stereocenters. The molecule has 2 aromatic rings. The Bertz CT molecular complexity index is 690. The van der Waals surface area contributed by atoms with Gasteiger partial charge in [-0.05, 0) is 37.1 Å². The number of amides is 1. The van der Waals surface area contributed by atoms with E-state index >= 15 is 0 Å². The van der Waals surface area contributed by atoms with Crippen LogP contribution in [0.4, 0.5) is 5.69 Å². The van der Waals surface area contributed by atoms with Gasteiger partial charge in [0.05, 0.1) is 6.54 Å². The summed E-state index contributed by atoms with van der Waals surface area (Å²) in [5.41, 5.74) is 1.72. The third-order valence-corrected chi connectivity index (χ3v) is 4.09. The van der Waals surface area contributed by atoms with E-state index in [0.717, 1.165) is 25.1 Å². The molecule has 1 fully saturated rings. The second-order valence-corrected chi connectivity index (χ2v) is 6.11. The number of piperidine rings is 1. The van der Waals surface area contributed by atoms with Crippen molar-refractivity contribution in [1.82, 2.24) is 14.9 Å². The summed E-state index contributed by atoms with van der Waals surface area (Å²) < 4.78 is 5.81. The number of carbonyl (C=O) groups excluding carboxylic acids is 1. The topological polar surface area (TPSA) is 58.6 Å². The molecule has 0 aliphatic carbocycles. The van der Waals surface area contributed by atoms with Gasteiger partial charge in [-0.1, -0.05) is 6.07 Å². The van der Waals surface area contributed by atoms with Gasteiger partial charge in [0.25, 0.3) is 5.91 Å². The fraction of sp³-hybridized carbons (Fsp3) is 0.389. The van der Waals surface area contributed by atoms with Crippen molar-refractivity contribution in [3.63, 3.8) is 0 Å². The lowest BCUT2D eigenvalue weighted by atomic mass is 10.1. The molecule has 2 heterocycles. The lowest BCUT2D eigenvalue weighted by Gasteiger charge is -2.32. The van der Waals surface area contributed by atoms with Crippen LogP contribution in [0.3, 0.4) is 0 Å². The van der Waals surface area contributed by atoms with Crippen LogP contribution in [0, 0.1) is 0 Å². The van der Waals surface area contributed by atoms with Gasteiger partial charge in [-0.25, -0.2) is 9.97 Å². The molecule has 1 aliphatic rings. The molecule has 1 aromatic carbocycles. The minimum absolute atomic E-state index is 0.0426. The first kappa shape index (κ1) is 16.2. The van der Waals surface area contributed by atoms with Gasteiger partial charge in [0, 0.05) is 44.3 Å². The van der Waals surface area contributed by atoms with E-state index in [2.05, 4.69) is 9.97 Å². The molecular formula is C18H22N4O2.